The molecule has 1 N–H and O–H groups in total. The summed E-state index contributed by atoms with van der Waals surface area (Å²) in [5, 5.41) is 4.90. The number of carbonyl (C=O) groups is 1. The fourth-order valence-corrected chi connectivity index (χ4v) is 4.18. The van der Waals surface area contributed by atoms with Gasteiger partial charge < -0.3 is 19.4 Å². The highest BCUT2D eigenvalue weighted by molar-refractivity contribution is 6.00. The number of fused-ring (bicyclic) bond motifs is 3. The zero-order valence-corrected chi connectivity index (χ0v) is 17.8. The van der Waals surface area contributed by atoms with Gasteiger partial charge in [-0.25, -0.2) is 4.52 Å². The summed E-state index contributed by atoms with van der Waals surface area (Å²) in [6.07, 6.45) is 2.96. The Morgan fingerprint density at radius 3 is 2.59 bits per heavy atom. The van der Waals surface area contributed by atoms with Gasteiger partial charge in [0.15, 0.2) is 11.5 Å². The number of para-hydroxylation sites is 3. The number of ether oxygens (including phenoxy) is 2. The number of aromatic amines is 1. The molecule has 5 rings (SSSR count). The number of amides is 1. The quantitative estimate of drug-likeness (QED) is 0.523. The third-order valence-corrected chi connectivity index (χ3v) is 5.78. The van der Waals surface area contributed by atoms with Crippen LogP contribution in [0.3, 0.4) is 0 Å². The van der Waals surface area contributed by atoms with Gasteiger partial charge >= 0.3 is 0 Å². The van der Waals surface area contributed by atoms with Gasteiger partial charge in [-0.05, 0) is 31.2 Å². The maximum absolute atomic E-state index is 13.2. The first-order valence-corrected chi connectivity index (χ1v) is 10.8. The second-order valence-corrected chi connectivity index (χ2v) is 7.78. The summed E-state index contributed by atoms with van der Waals surface area (Å²) in [5.41, 5.74) is 1.25. The molecule has 1 amide bonds. The van der Waals surface area contributed by atoms with Crippen molar-refractivity contribution < 1.29 is 14.3 Å². The number of likely N-dealkylation sites (tertiary alicyclic amines) is 1. The first-order valence-electron chi connectivity index (χ1n) is 10.8. The van der Waals surface area contributed by atoms with E-state index in [2.05, 4.69) is 10.1 Å². The molecule has 0 saturated carbocycles. The molecule has 32 heavy (non-hydrogen) atoms. The van der Waals surface area contributed by atoms with E-state index in [1.807, 2.05) is 43.3 Å². The van der Waals surface area contributed by atoms with E-state index in [1.54, 1.807) is 21.5 Å². The summed E-state index contributed by atoms with van der Waals surface area (Å²) in [4.78, 5) is 30.3. The Balaban J connectivity index is 1.32. The summed E-state index contributed by atoms with van der Waals surface area (Å²) in [5.74, 6) is 1.32. The number of aromatic nitrogens is 3. The number of hydrogen-bond donors (Lipinski definition) is 1. The van der Waals surface area contributed by atoms with Gasteiger partial charge in [-0.2, -0.15) is 5.10 Å². The Kier molecular flexibility index (Phi) is 5.26. The van der Waals surface area contributed by atoms with Gasteiger partial charge in [-0.1, -0.05) is 24.3 Å². The van der Waals surface area contributed by atoms with Gasteiger partial charge in [0, 0.05) is 25.9 Å². The van der Waals surface area contributed by atoms with Crippen molar-refractivity contribution in [3.63, 3.8) is 0 Å². The van der Waals surface area contributed by atoms with E-state index in [9.17, 15) is 9.59 Å². The number of benzene rings is 2. The van der Waals surface area contributed by atoms with Gasteiger partial charge in [0.1, 0.15) is 17.3 Å². The lowest BCUT2D eigenvalue weighted by atomic mass is 10.1. The Bertz CT molecular complexity index is 1330. The lowest BCUT2D eigenvalue weighted by Gasteiger charge is -2.32. The largest absolute Gasteiger partial charge is 0.490 e. The van der Waals surface area contributed by atoms with Crippen LogP contribution in [0.2, 0.25) is 0 Å². The molecule has 2 aromatic heterocycles. The fourth-order valence-electron chi connectivity index (χ4n) is 4.18. The number of rotatable bonds is 5. The molecule has 0 radical (unpaired) electrons. The number of H-pyrrole nitrogens is 1. The van der Waals surface area contributed by atoms with Crippen LogP contribution in [-0.2, 0) is 0 Å². The van der Waals surface area contributed by atoms with Crippen LogP contribution < -0.4 is 15.0 Å². The first kappa shape index (κ1) is 20.1. The minimum atomic E-state index is -0.234. The number of hydrogen-bond acceptors (Lipinski definition) is 5. The number of piperidine rings is 1. The predicted molar refractivity (Wildman–Crippen MR) is 120 cm³/mol. The maximum Gasteiger partial charge on any atom is 0.259 e. The Morgan fingerprint density at radius 2 is 1.81 bits per heavy atom. The third kappa shape index (κ3) is 3.57. The molecule has 1 fully saturated rings. The minimum Gasteiger partial charge on any atom is -0.490 e. The maximum atomic E-state index is 13.2. The Hall–Kier alpha value is -3.81. The van der Waals surface area contributed by atoms with Gasteiger partial charge in [0.25, 0.3) is 11.5 Å². The van der Waals surface area contributed by atoms with E-state index in [0.29, 0.717) is 54.7 Å². The van der Waals surface area contributed by atoms with E-state index in [4.69, 9.17) is 9.47 Å². The summed E-state index contributed by atoms with van der Waals surface area (Å²) in [7, 11) is 0. The molecule has 1 saturated heterocycles. The van der Waals surface area contributed by atoms with Crippen molar-refractivity contribution in [3.05, 3.63) is 70.6 Å². The molecule has 0 bridgehead atoms. The summed E-state index contributed by atoms with van der Waals surface area (Å²) >= 11 is 0. The number of carbonyl (C=O) groups excluding carboxylic acids is 1. The second-order valence-electron chi connectivity index (χ2n) is 7.78. The monoisotopic (exact) mass is 432 g/mol. The SMILES string of the molecule is CCOc1ccccc1OC1CCN(C(=O)c2cnn3c2[nH]c(=O)c2ccccc23)CC1. The Labute approximate surface area is 184 Å². The van der Waals surface area contributed by atoms with Crippen LogP contribution in [0.1, 0.15) is 30.1 Å². The zero-order chi connectivity index (χ0) is 22.1. The van der Waals surface area contributed by atoms with Gasteiger partial charge in [-0.3, -0.25) is 9.59 Å². The van der Waals surface area contributed by atoms with Gasteiger partial charge in [0.05, 0.1) is 23.7 Å². The molecule has 1 aliphatic heterocycles. The van der Waals surface area contributed by atoms with Crippen molar-refractivity contribution in [2.75, 3.05) is 19.7 Å². The van der Waals surface area contributed by atoms with Crippen LogP contribution in [0, 0.1) is 0 Å². The molecule has 1 aliphatic rings. The molecule has 0 spiro atoms. The van der Waals surface area contributed by atoms with Crippen LogP contribution in [-0.4, -0.2) is 51.2 Å². The topological polar surface area (TPSA) is 88.9 Å². The zero-order valence-electron chi connectivity index (χ0n) is 17.8. The molecule has 8 nitrogen and oxygen atoms in total. The standard InChI is InChI=1S/C24H24N4O4/c1-2-31-20-9-5-6-10-21(20)32-16-11-13-27(14-12-16)24(30)18-15-25-28-19-8-4-3-7-17(19)23(29)26-22(18)28/h3-10,15-16H,2,11-14H2,1H3,(H,26,29). The van der Waals surface area contributed by atoms with Crippen molar-refractivity contribution in [1.29, 1.82) is 0 Å². The van der Waals surface area contributed by atoms with Crippen molar-refractivity contribution in [3.8, 4) is 11.5 Å². The fraction of sp³-hybridized carbons (Fsp3) is 0.292. The van der Waals surface area contributed by atoms with Crippen LogP contribution in [0.25, 0.3) is 16.6 Å². The Morgan fingerprint density at radius 1 is 1.09 bits per heavy atom. The van der Waals surface area contributed by atoms with E-state index < -0.39 is 0 Å². The predicted octanol–water partition coefficient (Wildman–Crippen LogP) is 3.26. The summed E-state index contributed by atoms with van der Waals surface area (Å²) < 4.78 is 13.4. The highest BCUT2D eigenvalue weighted by atomic mass is 16.5. The lowest BCUT2D eigenvalue weighted by molar-refractivity contribution is 0.0591. The summed E-state index contributed by atoms with van der Waals surface area (Å²) in [6, 6.07) is 14.9. The van der Waals surface area contributed by atoms with E-state index in [0.717, 1.165) is 11.5 Å². The molecular formula is C24H24N4O4. The third-order valence-electron chi connectivity index (χ3n) is 5.78. The van der Waals surface area contributed by atoms with Crippen LogP contribution in [0.4, 0.5) is 0 Å². The average Bonchev–Trinajstić information content (AvgIpc) is 3.25. The molecule has 0 atom stereocenters. The van der Waals surface area contributed by atoms with Crippen LogP contribution >= 0.6 is 0 Å². The molecular weight excluding hydrogens is 408 g/mol. The van der Waals surface area contributed by atoms with Crippen LogP contribution in [0.5, 0.6) is 11.5 Å². The van der Waals surface area contributed by atoms with Crippen LogP contribution in [0.15, 0.2) is 59.5 Å². The minimum absolute atomic E-state index is 0.00770. The molecule has 2 aromatic carbocycles. The molecule has 0 unspecified atom stereocenters. The molecule has 164 valence electrons. The van der Waals surface area contributed by atoms with Crippen molar-refractivity contribution in [2.45, 2.75) is 25.9 Å². The number of nitrogens with one attached hydrogen (secondary N) is 1. The van der Waals surface area contributed by atoms with Gasteiger partial charge in [0.2, 0.25) is 0 Å². The van der Waals surface area contributed by atoms with Gasteiger partial charge in [-0.15, -0.1) is 0 Å². The molecule has 8 heteroatoms. The molecule has 0 aliphatic carbocycles. The molecule has 3 heterocycles. The lowest BCUT2D eigenvalue weighted by Crippen LogP contribution is -2.41. The highest BCUT2D eigenvalue weighted by Gasteiger charge is 2.27. The normalized spacial score (nSPS) is 14.7. The van der Waals surface area contributed by atoms with Crippen molar-refractivity contribution in [1.82, 2.24) is 19.5 Å². The second kappa shape index (κ2) is 8.37. The smallest absolute Gasteiger partial charge is 0.259 e. The van der Waals surface area contributed by atoms with Crippen molar-refractivity contribution >= 4 is 22.5 Å². The average molecular weight is 432 g/mol. The van der Waals surface area contributed by atoms with Crippen molar-refractivity contribution in [2.24, 2.45) is 0 Å². The van der Waals surface area contributed by atoms with E-state index in [1.165, 1.54) is 6.20 Å². The number of nitrogens with zero attached hydrogens (tertiary/aromatic N) is 3. The highest BCUT2D eigenvalue weighted by Crippen LogP contribution is 2.29. The summed E-state index contributed by atoms with van der Waals surface area (Å²) in [6.45, 7) is 3.65. The molecule has 4 aromatic rings. The van der Waals surface area contributed by atoms with E-state index >= 15 is 0 Å². The van der Waals surface area contributed by atoms with E-state index in [-0.39, 0.29) is 17.6 Å². The first-order chi connectivity index (χ1) is 15.7.